The number of imidazole rings is 1. The number of anilines is 1. The summed E-state index contributed by atoms with van der Waals surface area (Å²) >= 11 is 0. The molecule has 4 aromatic rings. The molecule has 0 radical (unpaired) electrons. The Bertz CT molecular complexity index is 1850. The number of rotatable bonds is 5. The molecule has 1 amide bonds. The monoisotopic (exact) mass is 572 g/mol. The number of alkyl carbamates (subject to hydrolysis) is 1. The third-order valence-corrected chi connectivity index (χ3v) is 7.31. The minimum absolute atomic E-state index is 0.0409. The smallest absolute Gasteiger partial charge is 0.407 e. The Kier molecular flexibility index (Phi) is 7.77. The van der Waals surface area contributed by atoms with Gasteiger partial charge >= 0.3 is 11.8 Å². The third-order valence-electron chi connectivity index (χ3n) is 7.31. The van der Waals surface area contributed by atoms with Gasteiger partial charge in [-0.25, -0.2) is 9.59 Å². The van der Waals surface area contributed by atoms with E-state index in [9.17, 15) is 14.4 Å². The Hall–Kier alpha value is -4.66. The van der Waals surface area contributed by atoms with Crippen LogP contribution in [0.1, 0.15) is 51.9 Å². The molecule has 12 nitrogen and oxygen atoms in total. The molecule has 0 spiro atoms. The molecule has 1 N–H and O–H groups in total. The quantitative estimate of drug-likeness (QED) is 0.362. The Labute approximate surface area is 243 Å². The predicted octanol–water partition coefficient (Wildman–Crippen LogP) is 2.71. The summed E-state index contributed by atoms with van der Waals surface area (Å²) in [4.78, 5) is 46.8. The van der Waals surface area contributed by atoms with E-state index in [1.54, 1.807) is 18.5 Å². The number of nitrogens with zero attached hydrogens (tertiary/aromatic N) is 7. The molecule has 4 heterocycles. The highest BCUT2D eigenvalue weighted by molar-refractivity contribution is 5.86. The topological polar surface area (TPSA) is 129 Å². The molecule has 0 aliphatic carbocycles. The molecule has 1 aliphatic heterocycles. The Balaban J connectivity index is 1.57. The first-order chi connectivity index (χ1) is 20.0. The van der Waals surface area contributed by atoms with Crippen molar-refractivity contribution in [2.24, 2.45) is 7.05 Å². The van der Waals surface area contributed by atoms with Gasteiger partial charge < -0.3 is 15.0 Å². The highest BCUT2D eigenvalue weighted by Gasteiger charge is 2.29. The number of carbonyl (C=O) groups is 1. The van der Waals surface area contributed by atoms with Gasteiger partial charge in [0.15, 0.2) is 11.2 Å². The lowest BCUT2D eigenvalue weighted by atomic mass is 10.1. The van der Waals surface area contributed by atoms with Crippen molar-refractivity contribution >= 4 is 34.0 Å². The molecule has 1 unspecified atom stereocenters. The standard InChI is InChI=1S/C30H36N8O4/c1-7-8-16-37-24-25(32-27(37)36-15-11-12-20(17-36)31-28(40)42-30(3,4)5)35(6)29(41)38(26(24)39)18-23-22-14-10-9-13-21(22)19(2)33-34-23/h9-10,13-14,20H,11-12,15-18H2,1-6H3,(H,31,40). The number of aromatic nitrogens is 6. The zero-order valence-electron chi connectivity index (χ0n) is 24.9. The van der Waals surface area contributed by atoms with Gasteiger partial charge in [-0.3, -0.25) is 18.5 Å². The summed E-state index contributed by atoms with van der Waals surface area (Å²) in [7, 11) is 1.61. The number of aryl methyl sites for hydroxylation is 2. The van der Waals surface area contributed by atoms with Gasteiger partial charge in [-0.05, 0) is 47.5 Å². The van der Waals surface area contributed by atoms with Crippen molar-refractivity contribution in [2.75, 3.05) is 18.0 Å². The Morgan fingerprint density at radius 2 is 1.88 bits per heavy atom. The molecule has 0 bridgehead atoms. The fourth-order valence-electron chi connectivity index (χ4n) is 5.36. The van der Waals surface area contributed by atoms with E-state index in [0.29, 0.717) is 24.7 Å². The van der Waals surface area contributed by atoms with Gasteiger partial charge in [-0.2, -0.15) is 15.2 Å². The zero-order valence-corrected chi connectivity index (χ0v) is 24.9. The van der Waals surface area contributed by atoms with E-state index in [1.165, 1.54) is 9.13 Å². The van der Waals surface area contributed by atoms with Crippen molar-refractivity contribution in [3.8, 4) is 11.8 Å². The maximum absolute atomic E-state index is 14.0. The van der Waals surface area contributed by atoms with Crippen molar-refractivity contribution in [3.05, 3.63) is 56.5 Å². The Morgan fingerprint density at radius 3 is 2.60 bits per heavy atom. The summed E-state index contributed by atoms with van der Waals surface area (Å²) in [5, 5.41) is 13.3. The lowest BCUT2D eigenvalue weighted by molar-refractivity contribution is 0.0499. The fraction of sp³-hybridized carbons (Fsp3) is 0.467. The highest BCUT2D eigenvalue weighted by atomic mass is 16.6. The second-order valence-electron chi connectivity index (χ2n) is 11.5. The fourth-order valence-corrected chi connectivity index (χ4v) is 5.36. The SMILES string of the molecule is CC#CCn1c(N2CCCC(NC(=O)OC(C)(C)C)C2)nc2c1c(=O)n(Cc1nnc(C)c3ccccc13)c(=O)n2C. The lowest BCUT2D eigenvalue weighted by Gasteiger charge is -2.34. The van der Waals surface area contributed by atoms with Crippen LogP contribution in [0.2, 0.25) is 0 Å². The number of carbonyl (C=O) groups excluding carboxylic acids is 1. The minimum Gasteiger partial charge on any atom is -0.444 e. The van der Waals surface area contributed by atoms with Crippen LogP contribution in [0.15, 0.2) is 33.9 Å². The molecule has 1 saturated heterocycles. The molecule has 3 aromatic heterocycles. The van der Waals surface area contributed by atoms with Crippen LogP contribution in [0.4, 0.5) is 10.7 Å². The molecule has 220 valence electrons. The normalized spacial score (nSPS) is 15.5. The molecule has 42 heavy (non-hydrogen) atoms. The first-order valence-corrected chi connectivity index (χ1v) is 14.0. The maximum atomic E-state index is 14.0. The molecule has 1 aliphatic rings. The van der Waals surface area contributed by atoms with Crippen LogP contribution in [0, 0.1) is 18.8 Å². The minimum atomic E-state index is -0.605. The third kappa shape index (κ3) is 5.59. The van der Waals surface area contributed by atoms with Gasteiger partial charge in [0, 0.05) is 37.0 Å². The van der Waals surface area contributed by atoms with Crippen molar-refractivity contribution in [2.45, 2.75) is 72.2 Å². The highest BCUT2D eigenvalue weighted by Crippen LogP contribution is 2.24. The van der Waals surface area contributed by atoms with Crippen molar-refractivity contribution in [1.29, 1.82) is 0 Å². The van der Waals surface area contributed by atoms with Crippen LogP contribution in [0.3, 0.4) is 0 Å². The van der Waals surface area contributed by atoms with Gasteiger partial charge in [0.05, 0.1) is 24.5 Å². The number of benzene rings is 1. The van der Waals surface area contributed by atoms with Crippen molar-refractivity contribution in [3.63, 3.8) is 0 Å². The number of amides is 1. The first kappa shape index (κ1) is 28.9. The second kappa shape index (κ2) is 11.3. The molecule has 0 saturated carbocycles. The molecule has 1 fully saturated rings. The summed E-state index contributed by atoms with van der Waals surface area (Å²) in [6, 6.07) is 7.50. The van der Waals surface area contributed by atoms with E-state index in [2.05, 4.69) is 27.4 Å². The van der Waals surface area contributed by atoms with Crippen LogP contribution < -0.4 is 21.5 Å². The zero-order chi connectivity index (χ0) is 30.2. The van der Waals surface area contributed by atoms with E-state index < -0.39 is 22.9 Å². The summed E-state index contributed by atoms with van der Waals surface area (Å²) in [6.45, 7) is 10.4. The van der Waals surface area contributed by atoms with Crippen LogP contribution in [-0.4, -0.2) is 59.7 Å². The maximum Gasteiger partial charge on any atom is 0.407 e. The van der Waals surface area contributed by atoms with E-state index in [1.807, 2.05) is 56.9 Å². The van der Waals surface area contributed by atoms with Crippen LogP contribution in [0.5, 0.6) is 0 Å². The van der Waals surface area contributed by atoms with Gasteiger partial charge in [0.1, 0.15) is 5.60 Å². The summed E-state index contributed by atoms with van der Waals surface area (Å²) in [6.07, 6.45) is 1.10. The van der Waals surface area contributed by atoms with E-state index in [4.69, 9.17) is 9.72 Å². The number of fused-ring (bicyclic) bond motifs is 2. The molecule has 1 atom stereocenters. The van der Waals surface area contributed by atoms with Gasteiger partial charge in [-0.1, -0.05) is 30.2 Å². The molecule has 12 heteroatoms. The largest absolute Gasteiger partial charge is 0.444 e. The molecular weight excluding hydrogens is 536 g/mol. The molecule has 5 rings (SSSR count). The molecular formula is C30H36N8O4. The van der Waals surface area contributed by atoms with E-state index in [0.717, 1.165) is 29.3 Å². The van der Waals surface area contributed by atoms with Gasteiger partial charge in [0.25, 0.3) is 5.56 Å². The molecule has 1 aromatic carbocycles. The van der Waals surface area contributed by atoms with Crippen LogP contribution >= 0.6 is 0 Å². The van der Waals surface area contributed by atoms with Gasteiger partial charge in [0.2, 0.25) is 5.95 Å². The van der Waals surface area contributed by atoms with Gasteiger partial charge in [-0.15, -0.1) is 5.92 Å². The van der Waals surface area contributed by atoms with Crippen molar-refractivity contribution < 1.29 is 9.53 Å². The Morgan fingerprint density at radius 1 is 1.14 bits per heavy atom. The van der Waals surface area contributed by atoms with E-state index >= 15 is 0 Å². The number of piperidine rings is 1. The van der Waals surface area contributed by atoms with Crippen molar-refractivity contribution in [1.82, 2.24) is 34.2 Å². The number of hydrogen-bond acceptors (Lipinski definition) is 8. The van der Waals surface area contributed by atoms with Crippen LogP contribution in [-0.2, 0) is 24.9 Å². The summed E-state index contributed by atoms with van der Waals surface area (Å²) < 4.78 is 9.78. The van der Waals surface area contributed by atoms with E-state index in [-0.39, 0.29) is 30.3 Å². The lowest BCUT2D eigenvalue weighted by Crippen LogP contribution is -2.49. The second-order valence-corrected chi connectivity index (χ2v) is 11.5. The number of nitrogens with one attached hydrogen (secondary N) is 1. The first-order valence-electron chi connectivity index (χ1n) is 14.0. The number of ether oxygens (including phenoxy) is 1. The average Bonchev–Trinajstić information content (AvgIpc) is 3.33. The summed E-state index contributed by atoms with van der Waals surface area (Å²) in [5.74, 6) is 6.47. The summed E-state index contributed by atoms with van der Waals surface area (Å²) in [5.41, 5.74) is 0.273. The average molecular weight is 573 g/mol. The number of hydrogen-bond donors (Lipinski definition) is 1. The van der Waals surface area contributed by atoms with Crippen LogP contribution in [0.25, 0.3) is 21.9 Å². The predicted molar refractivity (Wildman–Crippen MR) is 161 cm³/mol.